The van der Waals surface area contributed by atoms with Gasteiger partial charge in [-0.2, -0.15) is 0 Å². The highest BCUT2D eigenvalue weighted by Gasteiger charge is 2.41. The topological polar surface area (TPSA) is 62.7 Å². The summed E-state index contributed by atoms with van der Waals surface area (Å²) in [6, 6.07) is 15.4. The van der Waals surface area contributed by atoms with Crippen LogP contribution < -0.4 is 5.32 Å². The molecule has 1 amide bonds. The van der Waals surface area contributed by atoms with Crippen LogP contribution in [-0.4, -0.2) is 26.0 Å². The monoisotopic (exact) mass is 442 g/mol. The number of hydrogen-bond donors (Lipinski definition) is 2. The number of aromatic nitrogens is 3. The van der Waals surface area contributed by atoms with Crippen molar-refractivity contribution in [2.24, 2.45) is 5.92 Å². The number of aromatic amines is 1. The fourth-order valence-electron chi connectivity index (χ4n) is 5.06. The molecule has 2 unspecified atom stereocenters. The number of imidazole rings is 1. The Balaban J connectivity index is 1.20. The first-order chi connectivity index (χ1) is 16.0. The van der Waals surface area contributed by atoms with Gasteiger partial charge in [0, 0.05) is 34.1 Å². The first kappa shape index (κ1) is 20.2. The Bertz CT molecular complexity index is 1330. The summed E-state index contributed by atoms with van der Waals surface area (Å²) in [7, 11) is 0. The summed E-state index contributed by atoms with van der Waals surface area (Å²) in [5.74, 6) is 0.0589. The molecule has 5 nitrogen and oxygen atoms in total. The van der Waals surface area contributed by atoms with E-state index in [0.717, 1.165) is 65.5 Å². The van der Waals surface area contributed by atoms with Crippen LogP contribution in [0.25, 0.3) is 33.4 Å². The Morgan fingerprint density at radius 1 is 1.12 bits per heavy atom. The normalized spacial score (nSPS) is 21.4. The van der Waals surface area contributed by atoms with Gasteiger partial charge in [0.2, 0.25) is 5.91 Å². The summed E-state index contributed by atoms with van der Waals surface area (Å²) >= 11 is 0. The summed E-state index contributed by atoms with van der Waals surface area (Å²) in [5, 5.41) is 4.09. The molecule has 6 heteroatoms. The highest BCUT2D eigenvalue weighted by atomic mass is 19.1. The van der Waals surface area contributed by atoms with Gasteiger partial charge < -0.3 is 14.9 Å². The van der Waals surface area contributed by atoms with Crippen molar-refractivity contribution in [3.8, 4) is 22.5 Å². The second-order valence-electron chi connectivity index (χ2n) is 9.89. The zero-order chi connectivity index (χ0) is 22.6. The van der Waals surface area contributed by atoms with Crippen molar-refractivity contribution in [3.63, 3.8) is 0 Å². The Hall–Kier alpha value is -3.41. The van der Waals surface area contributed by atoms with Crippen LogP contribution in [0.1, 0.15) is 45.1 Å². The number of benzene rings is 2. The van der Waals surface area contributed by atoms with Gasteiger partial charge in [-0.3, -0.25) is 4.79 Å². The van der Waals surface area contributed by atoms with Crippen LogP contribution in [0, 0.1) is 11.7 Å². The first-order valence-corrected chi connectivity index (χ1v) is 11.7. The van der Waals surface area contributed by atoms with Crippen LogP contribution in [-0.2, 0) is 4.79 Å². The molecule has 2 aliphatic carbocycles. The minimum absolute atomic E-state index is 0.0379. The van der Waals surface area contributed by atoms with Crippen molar-refractivity contribution in [2.75, 3.05) is 0 Å². The van der Waals surface area contributed by atoms with Gasteiger partial charge in [0.15, 0.2) is 0 Å². The predicted octanol–water partition coefficient (Wildman–Crippen LogP) is 5.85. The average Bonchev–Trinajstić information content (AvgIpc) is 3.26. The summed E-state index contributed by atoms with van der Waals surface area (Å²) in [4.78, 5) is 20.5. The number of halogens is 1. The number of hydrogen-bond acceptors (Lipinski definition) is 2. The zero-order valence-electron chi connectivity index (χ0n) is 18.6. The van der Waals surface area contributed by atoms with Crippen molar-refractivity contribution in [3.05, 3.63) is 66.9 Å². The quantitative estimate of drug-likeness (QED) is 0.407. The molecule has 2 heterocycles. The van der Waals surface area contributed by atoms with E-state index in [4.69, 9.17) is 0 Å². The number of carbonyl (C=O) groups excluding carboxylic acids is 1. The number of fused-ring (bicyclic) bond motifs is 1. The van der Waals surface area contributed by atoms with E-state index in [1.165, 1.54) is 6.07 Å². The SMILES string of the molecule is CC1(NC(=O)C2CCC(n3cncc3-c3ccc(-c4cc5cc(F)ccc5[nH]4)cc3)C2)CC1. The van der Waals surface area contributed by atoms with Crippen molar-refractivity contribution >= 4 is 16.8 Å². The van der Waals surface area contributed by atoms with E-state index >= 15 is 0 Å². The lowest BCUT2D eigenvalue weighted by Gasteiger charge is -2.18. The molecule has 4 aromatic rings. The van der Waals surface area contributed by atoms with Crippen molar-refractivity contribution in [1.82, 2.24) is 19.9 Å². The van der Waals surface area contributed by atoms with Crippen LogP contribution in [0.15, 0.2) is 61.1 Å². The number of amides is 1. The summed E-state index contributed by atoms with van der Waals surface area (Å²) in [6.07, 6.45) is 8.74. The van der Waals surface area contributed by atoms with Crippen LogP contribution in [0.2, 0.25) is 0 Å². The number of rotatable bonds is 5. The molecule has 2 N–H and O–H groups in total. The standard InChI is InChI=1S/C27H27FN4O/c1-27(10-11-27)31-26(33)19-6-8-22(13-19)32-16-29-15-25(32)18-4-2-17(3-5-18)24-14-20-12-21(28)7-9-23(20)30-24/h2-5,7,9,12,14-16,19,22,30H,6,8,10-11,13H2,1H3,(H,31,33). The third kappa shape index (κ3) is 3.84. The number of H-pyrrole nitrogens is 1. The highest BCUT2D eigenvalue weighted by molar-refractivity contribution is 5.86. The van der Waals surface area contributed by atoms with Gasteiger partial charge >= 0.3 is 0 Å². The first-order valence-electron chi connectivity index (χ1n) is 11.7. The second-order valence-corrected chi connectivity index (χ2v) is 9.89. The number of nitrogens with one attached hydrogen (secondary N) is 2. The maximum Gasteiger partial charge on any atom is 0.223 e. The molecule has 2 atom stereocenters. The number of nitrogens with zero attached hydrogens (tertiary/aromatic N) is 2. The van der Waals surface area contributed by atoms with Gasteiger partial charge in [-0.25, -0.2) is 9.37 Å². The summed E-state index contributed by atoms with van der Waals surface area (Å²) in [6.45, 7) is 2.13. The van der Waals surface area contributed by atoms with Gasteiger partial charge in [0.05, 0.1) is 18.2 Å². The van der Waals surface area contributed by atoms with Gasteiger partial charge in [-0.1, -0.05) is 24.3 Å². The van der Waals surface area contributed by atoms with E-state index in [0.29, 0.717) is 0 Å². The van der Waals surface area contributed by atoms with Crippen LogP contribution in [0.3, 0.4) is 0 Å². The van der Waals surface area contributed by atoms with E-state index in [1.807, 2.05) is 18.6 Å². The van der Waals surface area contributed by atoms with Crippen LogP contribution in [0.4, 0.5) is 4.39 Å². The zero-order valence-corrected chi connectivity index (χ0v) is 18.6. The second kappa shape index (κ2) is 7.58. The third-order valence-electron chi connectivity index (χ3n) is 7.33. The van der Waals surface area contributed by atoms with Crippen LogP contribution in [0.5, 0.6) is 0 Å². The maximum absolute atomic E-state index is 13.5. The molecule has 33 heavy (non-hydrogen) atoms. The average molecular weight is 443 g/mol. The van der Waals surface area contributed by atoms with Crippen molar-refractivity contribution < 1.29 is 9.18 Å². The van der Waals surface area contributed by atoms with Gasteiger partial charge in [-0.15, -0.1) is 0 Å². The highest BCUT2D eigenvalue weighted by Crippen LogP contribution is 2.40. The molecule has 168 valence electrons. The molecule has 0 bridgehead atoms. The minimum atomic E-state index is -0.231. The fraction of sp³-hybridized carbons (Fsp3) is 0.333. The maximum atomic E-state index is 13.5. The van der Waals surface area contributed by atoms with E-state index in [9.17, 15) is 9.18 Å². The lowest BCUT2D eigenvalue weighted by molar-refractivity contribution is -0.125. The minimum Gasteiger partial charge on any atom is -0.355 e. The Kier molecular flexibility index (Phi) is 4.64. The lowest BCUT2D eigenvalue weighted by Crippen LogP contribution is -2.38. The lowest BCUT2D eigenvalue weighted by atomic mass is 10.1. The molecule has 2 aliphatic rings. The molecule has 6 rings (SSSR count). The Morgan fingerprint density at radius 2 is 1.91 bits per heavy atom. The third-order valence-corrected chi connectivity index (χ3v) is 7.33. The summed E-state index contributed by atoms with van der Waals surface area (Å²) in [5.41, 5.74) is 5.13. The largest absolute Gasteiger partial charge is 0.355 e. The molecule has 0 spiro atoms. The van der Waals surface area contributed by atoms with E-state index in [1.54, 1.807) is 12.1 Å². The number of carbonyl (C=O) groups is 1. The van der Waals surface area contributed by atoms with E-state index < -0.39 is 0 Å². The predicted molar refractivity (Wildman–Crippen MR) is 127 cm³/mol. The molecule has 2 fully saturated rings. The summed E-state index contributed by atoms with van der Waals surface area (Å²) < 4.78 is 15.8. The van der Waals surface area contributed by atoms with Gasteiger partial charge in [0.1, 0.15) is 5.82 Å². The van der Waals surface area contributed by atoms with E-state index in [-0.39, 0.29) is 29.2 Å². The van der Waals surface area contributed by atoms with E-state index in [2.05, 4.69) is 51.0 Å². The fourth-order valence-corrected chi connectivity index (χ4v) is 5.06. The van der Waals surface area contributed by atoms with Crippen molar-refractivity contribution in [1.29, 1.82) is 0 Å². The van der Waals surface area contributed by atoms with Crippen LogP contribution >= 0.6 is 0 Å². The molecular formula is C27H27FN4O. The molecule has 0 aliphatic heterocycles. The smallest absolute Gasteiger partial charge is 0.223 e. The van der Waals surface area contributed by atoms with Gasteiger partial charge in [-0.05, 0) is 74.4 Å². The molecule has 0 radical (unpaired) electrons. The Labute approximate surface area is 192 Å². The molecule has 2 saturated carbocycles. The Morgan fingerprint density at radius 3 is 2.70 bits per heavy atom. The molecular weight excluding hydrogens is 415 g/mol. The molecule has 2 aromatic carbocycles. The van der Waals surface area contributed by atoms with Gasteiger partial charge in [0.25, 0.3) is 0 Å². The van der Waals surface area contributed by atoms with Crippen molar-refractivity contribution in [2.45, 2.75) is 50.6 Å². The molecule has 2 aromatic heterocycles. The molecule has 0 saturated heterocycles.